The van der Waals surface area contributed by atoms with Gasteiger partial charge in [0.1, 0.15) is 5.69 Å². The zero-order chi connectivity index (χ0) is 18.2. The summed E-state index contributed by atoms with van der Waals surface area (Å²) in [4.78, 5) is 26.4. The van der Waals surface area contributed by atoms with Gasteiger partial charge >= 0.3 is 0 Å². The minimum atomic E-state index is -0.633. The largest absolute Gasteiger partial charge is 0.369 e. The molecule has 1 atom stereocenters. The molecule has 1 fully saturated rings. The number of hydrogen-bond donors (Lipinski definition) is 1. The van der Waals surface area contributed by atoms with Crippen molar-refractivity contribution in [1.29, 1.82) is 0 Å². The molecule has 0 unspecified atom stereocenters. The highest BCUT2D eigenvalue weighted by Crippen LogP contribution is 2.23. The normalized spacial score (nSPS) is 19.6. The maximum Gasteiger partial charge on any atom is 0.274 e. The Morgan fingerprint density at radius 1 is 1.28 bits per heavy atom. The molecule has 0 radical (unpaired) electrons. The van der Waals surface area contributed by atoms with E-state index in [9.17, 15) is 9.59 Å². The molecule has 1 aromatic heterocycles. The van der Waals surface area contributed by atoms with Gasteiger partial charge in [-0.15, -0.1) is 0 Å². The van der Waals surface area contributed by atoms with E-state index < -0.39 is 11.5 Å². The molecule has 2 heterocycles. The summed E-state index contributed by atoms with van der Waals surface area (Å²) in [6.07, 6.45) is -0.0699. The first kappa shape index (κ1) is 17.2. The van der Waals surface area contributed by atoms with E-state index >= 15 is 0 Å². The molecule has 132 valence electrons. The Labute approximate surface area is 146 Å². The average Bonchev–Trinajstić information content (AvgIpc) is 2.98. The number of ether oxygens (including phenoxy) is 1. The molecule has 0 bridgehead atoms. The number of para-hydroxylation sites is 1. The highest BCUT2D eigenvalue weighted by atomic mass is 16.5. The number of nitrogens with two attached hydrogens (primary N) is 1. The molecule has 7 heteroatoms. The Hall–Kier alpha value is -2.67. The lowest BCUT2D eigenvalue weighted by atomic mass is 10.1. The van der Waals surface area contributed by atoms with Crippen molar-refractivity contribution in [3.63, 3.8) is 0 Å². The molecule has 1 saturated heterocycles. The second-order valence-electron chi connectivity index (χ2n) is 6.90. The molecule has 1 aromatic carbocycles. The van der Waals surface area contributed by atoms with Gasteiger partial charge in [0, 0.05) is 19.2 Å². The second-order valence-corrected chi connectivity index (χ2v) is 6.90. The van der Waals surface area contributed by atoms with Crippen LogP contribution in [0.5, 0.6) is 0 Å². The number of benzene rings is 1. The second kappa shape index (κ2) is 6.33. The molecule has 3 rings (SSSR count). The minimum absolute atomic E-state index is 0.0699. The molecule has 1 aliphatic heterocycles. The molecule has 7 nitrogen and oxygen atoms in total. The smallest absolute Gasteiger partial charge is 0.274 e. The number of carbonyl (C=O) groups excluding carboxylic acids is 2. The predicted molar refractivity (Wildman–Crippen MR) is 92.6 cm³/mol. The molecule has 0 spiro atoms. The first-order valence-corrected chi connectivity index (χ1v) is 8.19. The summed E-state index contributed by atoms with van der Waals surface area (Å²) in [5, 5.41) is 4.33. The van der Waals surface area contributed by atoms with Crippen LogP contribution in [0.15, 0.2) is 36.4 Å². The fourth-order valence-corrected chi connectivity index (χ4v) is 3.20. The first-order valence-electron chi connectivity index (χ1n) is 8.19. The summed E-state index contributed by atoms with van der Waals surface area (Å²) >= 11 is 0. The van der Waals surface area contributed by atoms with Gasteiger partial charge in [-0.2, -0.15) is 5.10 Å². The van der Waals surface area contributed by atoms with Crippen molar-refractivity contribution in [2.45, 2.75) is 32.5 Å². The number of morpholine rings is 1. The molecule has 1 aliphatic rings. The van der Waals surface area contributed by atoms with Crippen LogP contribution in [0.2, 0.25) is 0 Å². The maximum atomic E-state index is 12.9. The predicted octanol–water partition coefficient (Wildman–Crippen LogP) is 1.61. The molecule has 2 amide bonds. The van der Waals surface area contributed by atoms with Gasteiger partial charge in [0.2, 0.25) is 0 Å². The fourth-order valence-electron chi connectivity index (χ4n) is 3.20. The standard InChI is InChI=1S/C18H22N4O3/c1-12-10-21(11-18(2,3)25-12)17(24)14-9-15(16(19)23)22(20-14)13-7-5-4-6-8-13/h4-9,12H,10-11H2,1-3H3,(H2,19,23)/t12-/m1/s1. The van der Waals surface area contributed by atoms with E-state index in [-0.39, 0.29) is 23.4 Å². The lowest BCUT2D eigenvalue weighted by Crippen LogP contribution is -2.53. The van der Waals surface area contributed by atoms with Gasteiger partial charge in [-0.05, 0) is 32.9 Å². The SMILES string of the molecule is C[C@@H]1CN(C(=O)c2cc(C(N)=O)n(-c3ccccc3)n2)CC(C)(C)O1. The van der Waals surface area contributed by atoms with E-state index in [1.54, 1.807) is 17.0 Å². The van der Waals surface area contributed by atoms with Crippen LogP contribution in [0.3, 0.4) is 0 Å². The van der Waals surface area contributed by atoms with Crippen LogP contribution in [0.1, 0.15) is 41.7 Å². The van der Waals surface area contributed by atoms with E-state index in [0.717, 1.165) is 0 Å². The van der Waals surface area contributed by atoms with Gasteiger partial charge in [-0.25, -0.2) is 4.68 Å². The Bertz CT molecular complexity index is 798. The fraction of sp³-hybridized carbons (Fsp3) is 0.389. The van der Waals surface area contributed by atoms with E-state index in [2.05, 4.69) is 5.10 Å². The van der Waals surface area contributed by atoms with Crippen molar-refractivity contribution in [3.05, 3.63) is 47.8 Å². The van der Waals surface area contributed by atoms with Gasteiger partial charge < -0.3 is 15.4 Å². The lowest BCUT2D eigenvalue weighted by Gasteiger charge is -2.41. The topological polar surface area (TPSA) is 90.5 Å². The van der Waals surface area contributed by atoms with Gasteiger partial charge in [0.25, 0.3) is 11.8 Å². The Kier molecular flexibility index (Phi) is 4.34. The number of primary amides is 1. The summed E-state index contributed by atoms with van der Waals surface area (Å²) in [6, 6.07) is 10.6. The number of carbonyl (C=O) groups is 2. The van der Waals surface area contributed by atoms with Crippen LogP contribution < -0.4 is 5.73 Å². The van der Waals surface area contributed by atoms with Crippen LogP contribution in [0.4, 0.5) is 0 Å². The Morgan fingerprint density at radius 3 is 2.56 bits per heavy atom. The Morgan fingerprint density at radius 2 is 1.96 bits per heavy atom. The average molecular weight is 342 g/mol. The third kappa shape index (κ3) is 3.56. The minimum Gasteiger partial charge on any atom is -0.369 e. The van der Waals surface area contributed by atoms with E-state index in [0.29, 0.717) is 18.8 Å². The summed E-state index contributed by atoms with van der Waals surface area (Å²) in [7, 11) is 0. The number of nitrogens with zero attached hydrogens (tertiary/aromatic N) is 3. The molecule has 2 N–H and O–H groups in total. The maximum absolute atomic E-state index is 12.9. The quantitative estimate of drug-likeness (QED) is 0.917. The third-order valence-corrected chi connectivity index (χ3v) is 4.04. The van der Waals surface area contributed by atoms with Crippen molar-refractivity contribution in [2.24, 2.45) is 5.73 Å². The van der Waals surface area contributed by atoms with Crippen molar-refractivity contribution in [2.75, 3.05) is 13.1 Å². The number of aromatic nitrogens is 2. The molecule has 25 heavy (non-hydrogen) atoms. The van der Waals surface area contributed by atoms with E-state index in [1.165, 1.54) is 10.7 Å². The van der Waals surface area contributed by atoms with Gasteiger partial charge in [0.05, 0.1) is 17.4 Å². The summed E-state index contributed by atoms with van der Waals surface area (Å²) in [5.74, 6) is -0.869. The molecule has 0 aliphatic carbocycles. The van der Waals surface area contributed by atoms with Crippen molar-refractivity contribution in [3.8, 4) is 5.69 Å². The monoisotopic (exact) mass is 342 g/mol. The molecule has 2 aromatic rings. The van der Waals surface area contributed by atoms with Crippen LogP contribution in [0, 0.1) is 0 Å². The zero-order valence-corrected chi connectivity index (χ0v) is 14.6. The highest BCUT2D eigenvalue weighted by Gasteiger charge is 2.35. The third-order valence-electron chi connectivity index (χ3n) is 4.04. The van der Waals surface area contributed by atoms with Crippen LogP contribution in [-0.2, 0) is 4.74 Å². The summed E-state index contributed by atoms with van der Waals surface area (Å²) in [5.41, 5.74) is 6.08. The van der Waals surface area contributed by atoms with Crippen LogP contribution >= 0.6 is 0 Å². The van der Waals surface area contributed by atoms with Gasteiger partial charge in [-0.1, -0.05) is 18.2 Å². The number of rotatable bonds is 3. The Balaban J connectivity index is 1.95. The van der Waals surface area contributed by atoms with E-state index in [4.69, 9.17) is 10.5 Å². The number of amides is 2. The zero-order valence-electron chi connectivity index (χ0n) is 14.6. The van der Waals surface area contributed by atoms with Gasteiger partial charge in [-0.3, -0.25) is 9.59 Å². The van der Waals surface area contributed by atoms with Crippen molar-refractivity contribution < 1.29 is 14.3 Å². The summed E-state index contributed by atoms with van der Waals surface area (Å²) < 4.78 is 7.24. The van der Waals surface area contributed by atoms with Crippen LogP contribution in [-0.4, -0.2) is 51.3 Å². The van der Waals surface area contributed by atoms with Crippen molar-refractivity contribution in [1.82, 2.24) is 14.7 Å². The molecular formula is C18H22N4O3. The highest BCUT2D eigenvalue weighted by molar-refractivity contribution is 5.97. The lowest BCUT2D eigenvalue weighted by molar-refractivity contribution is -0.118. The van der Waals surface area contributed by atoms with Gasteiger partial charge in [0.15, 0.2) is 5.69 Å². The van der Waals surface area contributed by atoms with E-state index in [1.807, 2.05) is 39.0 Å². The number of hydrogen-bond acceptors (Lipinski definition) is 4. The van der Waals surface area contributed by atoms with Crippen LogP contribution in [0.25, 0.3) is 5.69 Å². The van der Waals surface area contributed by atoms with Crippen molar-refractivity contribution >= 4 is 11.8 Å². The summed E-state index contributed by atoms with van der Waals surface area (Å²) in [6.45, 7) is 6.76. The first-order chi connectivity index (χ1) is 11.8. The molecular weight excluding hydrogens is 320 g/mol. The molecule has 0 saturated carbocycles.